The monoisotopic (exact) mass is 528 g/mol. The normalized spacial score (nSPS) is 11.8. The van der Waals surface area contributed by atoms with Gasteiger partial charge in [0.15, 0.2) is 6.61 Å². The van der Waals surface area contributed by atoms with Gasteiger partial charge < -0.3 is 14.8 Å². The molecule has 0 aliphatic heterocycles. The van der Waals surface area contributed by atoms with E-state index in [0.29, 0.717) is 16.9 Å². The molecule has 3 aromatic carbocycles. The predicted octanol–water partition coefficient (Wildman–Crippen LogP) is 4.32. The van der Waals surface area contributed by atoms with Crippen molar-refractivity contribution in [1.82, 2.24) is 4.31 Å². The minimum atomic E-state index is -3.82. The third kappa shape index (κ3) is 6.72. The van der Waals surface area contributed by atoms with E-state index in [4.69, 9.17) is 21.1 Å². The van der Waals surface area contributed by atoms with Crippen LogP contribution in [0, 0.1) is 0 Å². The van der Waals surface area contributed by atoms with Gasteiger partial charge in [-0.15, -0.1) is 0 Å². The van der Waals surface area contributed by atoms with E-state index in [-0.39, 0.29) is 21.2 Å². The lowest BCUT2D eigenvalue weighted by molar-refractivity contribution is -0.141. The van der Waals surface area contributed by atoms with Crippen LogP contribution in [0.4, 0.5) is 5.69 Å². The van der Waals surface area contributed by atoms with Gasteiger partial charge in [0.2, 0.25) is 10.0 Å². The van der Waals surface area contributed by atoms with Crippen molar-refractivity contribution in [2.45, 2.75) is 4.90 Å². The number of anilines is 1. The molecule has 0 radical (unpaired) electrons. The van der Waals surface area contributed by atoms with E-state index in [1.54, 1.807) is 55.7 Å². The average Bonchev–Trinajstić information content (AvgIpc) is 2.87. The van der Waals surface area contributed by atoms with Crippen molar-refractivity contribution in [2.75, 3.05) is 33.1 Å². The molecule has 0 bridgehead atoms. The van der Waals surface area contributed by atoms with Crippen LogP contribution < -0.4 is 10.1 Å². The predicted molar refractivity (Wildman–Crippen MR) is 139 cm³/mol. The molecule has 3 aromatic rings. The number of nitrogens with one attached hydrogen (secondary N) is 1. The van der Waals surface area contributed by atoms with Crippen LogP contribution in [0.1, 0.15) is 11.1 Å². The zero-order valence-electron chi connectivity index (χ0n) is 19.9. The maximum absolute atomic E-state index is 13.0. The Morgan fingerprint density at radius 3 is 2.39 bits per heavy atom. The average molecular weight is 529 g/mol. The number of hydrogen-bond acceptors (Lipinski definition) is 6. The number of esters is 1. The van der Waals surface area contributed by atoms with Crippen LogP contribution in [0.15, 0.2) is 77.7 Å². The molecule has 0 saturated heterocycles. The summed E-state index contributed by atoms with van der Waals surface area (Å²) in [6.45, 7) is -0.584. The van der Waals surface area contributed by atoms with Gasteiger partial charge in [0, 0.05) is 19.8 Å². The first-order chi connectivity index (χ1) is 17.1. The summed E-state index contributed by atoms with van der Waals surface area (Å²) in [5, 5.41) is 2.54. The van der Waals surface area contributed by atoms with E-state index < -0.39 is 28.5 Å². The molecule has 0 saturated carbocycles. The smallest absolute Gasteiger partial charge is 0.339 e. The molecule has 1 amide bonds. The zero-order chi connectivity index (χ0) is 26.3. The molecule has 188 valence electrons. The maximum atomic E-state index is 13.0. The molecule has 0 aliphatic rings. The van der Waals surface area contributed by atoms with E-state index in [9.17, 15) is 18.0 Å². The zero-order valence-corrected chi connectivity index (χ0v) is 21.5. The van der Waals surface area contributed by atoms with Gasteiger partial charge in [-0.1, -0.05) is 54.1 Å². The first-order valence-electron chi connectivity index (χ1n) is 10.7. The standard InChI is InChI=1S/C26H25ClN2O6S/c1-29(2)36(32,33)24-16-20(12-13-23(24)27)28-25(30)17-35-26(31)22(19-9-5-4-6-10-19)15-18-8-7-11-21(14-18)34-3/h4-16H,17H2,1-3H3,(H,28,30)/b22-15+. The van der Waals surface area contributed by atoms with Crippen molar-refractivity contribution in [3.05, 3.63) is 88.9 Å². The Bertz CT molecular complexity index is 1390. The molecule has 1 N–H and O–H groups in total. The Morgan fingerprint density at radius 1 is 1.00 bits per heavy atom. The number of benzene rings is 3. The minimum Gasteiger partial charge on any atom is -0.497 e. The highest BCUT2D eigenvalue weighted by molar-refractivity contribution is 7.89. The molecule has 0 heterocycles. The highest BCUT2D eigenvalue weighted by Crippen LogP contribution is 2.27. The molecule has 0 fully saturated rings. The van der Waals surface area contributed by atoms with Crippen LogP contribution in [-0.4, -0.2) is 52.4 Å². The van der Waals surface area contributed by atoms with Gasteiger partial charge in [0.05, 0.1) is 17.7 Å². The Kier molecular flexibility index (Phi) is 8.87. The lowest BCUT2D eigenvalue weighted by Crippen LogP contribution is -2.24. The molecular weight excluding hydrogens is 504 g/mol. The summed E-state index contributed by atoms with van der Waals surface area (Å²) < 4.78 is 36.4. The van der Waals surface area contributed by atoms with E-state index in [0.717, 1.165) is 4.31 Å². The largest absolute Gasteiger partial charge is 0.497 e. The Balaban J connectivity index is 1.76. The Morgan fingerprint density at radius 2 is 1.72 bits per heavy atom. The van der Waals surface area contributed by atoms with Crippen molar-refractivity contribution >= 4 is 50.8 Å². The summed E-state index contributed by atoms with van der Waals surface area (Å²) in [7, 11) is 0.478. The fourth-order valence-electron chi connectivity index (χ4n) is 3.16. The summed E-state index contributed by atoms with van der Waals surface area (Å²) >= 11 is 6.04. The number of halogens is 1. The van der Waals surface area contributed by atoms with Gasteiger partial charge in [0.25, 0.3) is 5.91 Å². The van der Waals surface area contributed by atoms with Gasteiger partial charge in [-0.2, -0.15) is 0 Å². The van der Waals surface area contributed by atoms with Crippen molar-refractivity contribution in [1.29, 1.82) is 0 Å². The topological polar surface area (TPSA) is 102 Å². The quantitative estimate of drug-likeness (QED) is 0.252. The van der Waals surface area contributed by atoms with Crippen LogP contribution in [-0.2, 0) is 24.3 Å². The second-order valence-corrected chi connectivity index (χ2v) is 10.3. The fourth-order valence-corrected chi connectivity index (χ4v) is 4.55. The second kappa shape index (κ2) is 11.9. The van der Waals surface area contributed by atoms with Gasteiger partial charge in [-0.3, -0.25) is 4.79 Å². The first kappa shape index (κ1) is 26.9. The summed E-state index contributed by atoms with van der Waals surface area (Å²) in [6, 6.07) is 20.1. The maximum Gasteiger partial charge on any atom is 0.339 e. The van der Waals surface area contributed by atoms with E-state index in [1.807, 2.05) is 12.1 Å². The van der Waals surface area contributed by atoms with Crippen LogP contribution in [0.25, 0.3) is 11.6 Å². The molecule has 0 atom stereocenters. The van der Waals surface area contributed by atoms with Crippen molar-refractivity contribution in [3.8, 4) is 5.75 Å². The number of carbonyl (C=O) groups excluding carboxylic acids is 2. The molecule has 0 aliphatic carbocycles. The fraction of sp³-hybridized carbons (Fsp3) is 0.154. The van der Waals surface area contributed by atoms with Crippen molar-refractivity contribution in [3.63, 3.8) is 0 Å². The molecule has 8 nitrogen and oxygen atoms in total. The minimum absolute atomic E-state index is 0.0170. The Hall–Kier alpha value is -3.66. The number of amides is 1. The van der Waals surface area contributed by atoms with E-state index in [1.165, 1.54) is 32.3 Å². The summed E-state index contributed by atoms with van der Waals surface area (Å²) in [5.41, 5.74) is 1.77. The van der Waals surface area contributed by atoms with Gasteiger partial charge in [-0.05, 0) is 47.5 Å². The number of carbonyl (C=O) groups is 2. The lowest BCUT2D eigenvalue weighted by atomic mass is 10.0. The van der Waals surface area contributed by atoms with Crippen molar-refractivity contribution < 1.29 is 27.5 Å². The molecule has 0 aromatic heterocycles. The third-order valence-corrected chi connectivity index (χ3v) is 7.31. The molecule has 10 heteroatoms. The third-order valence-electron chi connectivity index (χ3n) is 5.02. The van der Waals surface area contributed by atoms with Crippen LogP contribution in [0.3, 0.4) is 0 Å². The van der Waals surface area contributed by atoms with Crippen LogP contribution >= 0.6 is 11.6 Å². The number of hydrogen-bond donors (Lipinski definition) is 1. The second-order valence-electron chi connectivity index (χ2n) is 7.76. The SMILES string of the molecule is COc1cccc(/C=C(/C(=O)OCC(=O)Nc2ccc(Cl)c(S(=O)(=O)N(C)C)c2)c2ccccc2)c1. The van der Waals surface area contributed by atoms with Gasteiger partial charge in [-0.25, -0.2) is 17.5 Å². The summed E-state index contributed by atoms with van der Waals surface area (Å²) in [6.07, 6.45) is 1.65. The highest BCUT2D eigenvalue weighted by atomic mass is 35.5. The molecular formula is C26H25ClN2O6S. The molecule has 0 unspecified atom stereocenters. The number of sulfonamides is 1. The summed E-state index contributed by atoms with van der Waals surface area (Å²) in [5.74, 6) is -0.721. The molecule has 0 spiro atoms. The van der Waals surface area contributed by atoms with E-state index in [2.05, 4.69) is 5.32 Å². The number of ether oxygens (including phenoxy) is 2. The number of rotatable bonds is 9. The van der Waals surface area contributed by atoms with Crippen molar-refractivity contribution in [2.24, 2.45) is 0 Å². The molecule has 36 heavy (non-hydrogen) atoms. The van der Waals surface area contributed by atoms with Gasteiger partial charge >= 0.3 is 5.97 Å². The number of methoxy groups -OCH3 is 1. The van der Waals surface area contributed by atoms with Crippen LogP contribution in [0.2, 0.25) is 5.02 Å². The molecule has 3 rings (SSSR count). The van der Waals surface area contributed by atoms with Gasteiger partial charge in [0.1, 0.15) is 10.6 Å². The summed E-state index contributed by atoms with van der Waals surface area (Å²) in [4.78, 5) is 25.3. The Labute approximate surface area is 215 Å². The lowest BCUT2D eigenvalue weighted by Gasteiger charge is -2.14. The first-order valence-corrected chi connectivity index (χ1v) is 12.5. The number of nitrogens with zero attached hydrogens (tertiary/aromatic N) is 1. The van der Waals surface area contributed by atoms with Crippen LogP contribution in [0.5, 0.6) is 5.75 Å². The van der Waals surface area contributed by atoms with E-state index >= 15 is 0 Å². The highest BCUT2D eigenvalue weighted by Gasteiger charge is 2.22.